The van der Waals surface area contributed by atoms with Crippen molar-refractivity contribution in [1.82, 2.24) is 5.01 Å². The van der Waals surface area contributed by atoms with E-state index in [4.69, 9.17) is 0 Å². The molecule has 2 aromatic rings. The largest absolute Gasteiger partial charge is 0.386 e. The lowest BCUT2D eigenvalue weighted by atomic mass is 9.81. The number of Topliss-reactive ketones (excluding diaryl/α,β-unsaturated/α-hetero) is 1. The summed E-state index contributed by atoms with van der Waals surface area (Å²) < 4.78 is 0. The Labute approximate surface area is 129 Å². The van der Waals surface area contributed by atoms with Gasteiger partial charge in [-0.25, -0.2) is 5.01 Å². The fraction of sp³-hybridized carbons (Fsp3) is 0.278. The highest BCUT2D eigenvalue weighted by Crippen LogP contribution is 2.48. The highest BCUT2D eigenvalue weighted by Gasteiger charge is 2.57. The summed E-state index contributed by atoms with van der Waals surface area (Å²) in [5.41, 5.74) is 2.52. The van der Waals surface area contributed by atoms with Gasteiger partial charge in [0.25, 0.3) is 0 Å². The Hall–Kier alpha value is -2.17. The standard InChI is InChI=1S/C18H18N2O2/c1-19-15-10-6-5-9-14(15)17(22)18(20(19)2)11-12-7-3-4-8-13(12)16(18)21/h3-10,17,22H,11H2,1-2H3. The molecular weight excluding hydrogens is 276 g/mol. The lowest BCUT2D eigenvalue weighted by Gasteiger charge is -2.50. The molecule has 4 rings (SSSR count). The Balaban J connectivity index is 1.92. The van der Waals surface area contributed by atoms with Gasteiger partial charge in [0, 0.05) is 31.6 Å². The summed E-state index contributed by atoms with van der Waals surface area (Å²) in [5, 5.41) is 14.9. The van der Waals surface area contributed by atoms with E-state index >= 15 is 0 Å². The summed E-state index contributed by atoms with van der Waals surface area (Å²) in [6.45, 7) is 0. The second-order valence-electron chi connectivity index (χ2n) is 6.10. The van der Waals surface area contributed by atoms with Gasteiger partial charge in [-0.1, -0.05) is 42.5 Å². The SMILES string of the molecule is CN1c2ccccc2C(O)C2(Cc3ccccc3C2=O)N1C. The van der Waals surface area contributed by atoms with Crippen LogP contribution in [0.15, 0.2) is 48.5 Å². The zero-order valence-electron chi connectivity index (χ0n) is 12.7. The van der Waals surface area contributed by atoms with Crippen LogP contribution in [0.2, 0.25) is 0 Å². The summed E-state index contributed by atoms with van der Waals surface area (Å²) in [6.07, 6.45) is -0.317. The number of nitrogens with zero attached hydrogens (tertiary/aromatic N) is 2. The first-order valence-electron chi connectivity index (χ1n) is 7.44. The van der Waals surface area contributed by atoms with Gasteiger partial charge in [0.05, 0.1) is 5.69 Å². The van der Waals surface area contributed by atoms with E-state index in [1.54, 1.807) is 0 Å². The Kier molecular flexibility index (Phi) is 2.71. The van der Waals surface area contributed by atoms with Crippen LogP contribution in [-0.2, 0) is 6.42 Å². The van der Waals surface area contributed by atoms with Crippen LogP contribution in [0.25, 0.3) is 0 Å². The number of para-hydroxylation sites is 1. The molecular formula is C18H18N2O2. The molecule has 1 heterocycles. The van der Waals surface area contributed by atoms with Gasteiger partial charge in [0.1, 0.15) is 11.6 Å². The number of hydrazine groups is 1. The average Bonchev–Trinajstić information content (AvgIpc) is 2.86. The van der Waals surface area contributed by atoms with Crippen molar-refractivity contribution in [3.63, 3.8) is 0 Å². The van der Waals surface area contributed by atoms with Crippen LogP contribution in [0, 0.1) is 0 Å². The smallest absolute Gasteiger partial charge is 0.188 e. The molecule has 0 bridgehead atoms. The molecule has 2 aromatic carbocycles. The number of benzene rings is 2. The molecule has 1 spiro atoms. The van der Waals surface area contributed by atoms with E-state index in [0.717, 1.165) is 22.4 Å². The number of hydrogen-bond donors (Lipinski definition) is 1. The Bertz CT molecular complexity index is 773. The molecule has 112 valence electrons. The van der Waals surface area contributed by atoms with Crippen molar-refractivity contribution in [2.45, 2.75) is 18.1 Å². The van der Waals surface area contributed by atoms with Gasteiger partial charge in [-0.05, 0) is 11.6 Å². The van der Waals surface area contributed by atoms with E-state index in [1.807, 2.05) is 72.6 Å². The zero-order chi connectivity index (χ0) is 15.5. The average molecular weight is 294 g/mol. The van der Waals surface area contributed by atoms with Gasteiger partial charge in [-0.3, -0.25) is 4.79 Å². The first kappa shape index (κ1) is 13.5. The van der Waals surface area contributed by atoms with Gasteiger partial charge < -0.3 is 10.1 Å². The number of aliphatic hydroxyl groups is 1. The highest BCUT2D eigenvalue weighted by molar-refractivity contribution is 6.08. The number of likely N-dealkylation sites (N-methyl/N-ethyl adjacent to an activating group) is 1. The Morgan fingerprint density at radius 1 is 1.09 bits per heavy atom. The lowest BCUT2D eigenvalue weighted by molar-refractivity contribution is -0.0160. The third kappa shape index (κ3) is 1.46. The molecule has 0 saturated carbocycles. The third-order valence-electron chi connectivity index (χ3n) is 5.17. The summed E-state index contributed by atoms with van der Waals surface area (Å²) in [6, 6.07) is 15.4. The van der Waals surface area contributed by atoms with Gasteiger partial charge in [-0.15, -0.1) is 0 Å². The van der Waals surface area contributed by atoms with Crippen LogP contribution in [0.3, 0.4) is 0 Å². The topological polar surface area (TPSA) is 43.8 Å². The summed E-state index contributed by atoms with van der Waals surface area (Å²) in [5.74, 6) is -0.000506. The van der Waals surface area contributed by atoms with E-state index in [1.165, 1.54) is 0 Å². The molecule has 1 aliphatic heterocycles. The first-order valence-corrected chi connectivity index (χ1v) is 7.44. The molecule has 1 aliphatic carbocycles. The predicted octanol–water partition coefficient (Wildman–Crippen LogP) is 2.19. The molecule has 2 unspecified atom stereocenters. The van der Waals surface area contributed by atoms with Crippen molar-refractivity contribution < 1.29 is 9.90 Å². The van der Waals surface area contributed by atoms with Crippen LogP contribution in [0.5, 0.6) is 0 Å². The van der Waals surface area contributed by atoms with E-state index in [2.05, 4.69) is 0 Å². The number of hydrogen-bond acceptors (Lipinski definition) is 4. The fourth-order valence-corrected chi connectivity index (χ4v) is 3.86. The van der Waals surface area contributed by atoms with Crippen molar-refractivity contribution in [3.8, 4) is 0 Å². The maximum absolute atomic E-state index is 13.1. The summed E-state index contributed by atoms with van der Waals surface area (Å²) >= 11 is 0. The minimum absolute atomic E-state index is 0.000506. The second kappa shape index (κ2) is 4.41. The number of aliphatic hydroxyl groups excluding tert-OH is 1. The molecule has 22 heavy (non-hydrogen) atoms. The summed E-state index contributed by atoms with van der Waals surface area (Å²) in [4.78, 5) is 13.1. The number of carbonyl (C=O) groups excluding carboxylic acids is 1. The Morgan fingerprint density at radius 3 is 2.55 bits per heavy atom. The first-order chi connectivity index (χ1) is 10.6. The van der Waals surface area contributed by atoms with Gasteiger partial charge in [0.2, 0.25) is 0 Å². The quantitative estimate of drug-likeness (QED) is 0.809. The van der Waals surface area contributed by atoms with Gasteiger partial charge in [-0.2, -0.15) is 0 Å². The van der Waals surface area contributed by atoms with Crippen LogP contribution in [0.1, 0.15) is 27.6 Å². The molecule has 4 heteroatoms. The molecule has 0 radical (unpaired) electrons. The highest BCUT2D eigenvalue weighted by atomic mass is 16.3. The number of ketones is 1. The lowest BCUT2D eigenvalue weighted by Crippen LogP contribution is -2.64. The normalized spacial score (nSPS) is 27.1. The van der Waals surface area contributed by atoms with Crippen LogP contribution in [-0.4, -0.2) is 35.5 Å². The van der Waals surface area contributed by atoms with Crippen LogP contribution in [0.4, 0.5) is 5.69 Å². The van der Waals surface area contributed by atoms with Crippen molar-refractivity contribution in [2.75, 3.05) is 19.1 Å². The third-order valence-corrected chi connectivity index (χ3v) is 5.17. The van der Waals surface area contributed by atoms with E-state index in [0.29, 0.717) is 6.42 Å². The maximum Gasteiger partial charge on any atom is 0.188 e. The molecule has 0 fully saturated rings. The maximum atomic E-state index is 13.1. The van der Waals surface area contributed by atoms with E-state index in [-0.39, 0.29) is 5.78 Å². The predicted molar refractivity (Wildman–Crippen MR) is 84.8 cm³/mol. The number of rotatable bonds is 0. The molecule has 1 N–H and O–H groups in total. The minimum atomic E-state index is -0.952. The Morgan fingerprint density at radius 2 is 1.77 bits per heavy atom. The molecule has 0 aromatic heterocycles. The van der Waals surface area contributed by atoms with Crippen molar-refractivity contribution >= 4 is 11.5 Å². The molecule has 0 saturated heterocycles. The number of carbonyl (C=O) groups is 1. The summed E-state index contributed by atoms with van der Waals surface area (Å²) in [7, 11) is 3.81. The van der Waals surface area contributed by atoms with Crippen molar-refractivity contribution in [3.05, 3.63) is 65.2 Å². The fourth-order valence-electron chi connectivity index (χ4n) is 3.86. The molecule has 2 atom stereocenters. The van der Waals surface area contributed by atoms with E-state index in [9.17, 15) is 9.90 Å². The zero-order valence-corrected chi connectivity index (χ0v) is 12.7. The van der Waals surface area contributed by atoms with Gasteiger partial charge in [0.15, 0.2) is 5.78 Å². The monoisotopic (exact) mass is 294 g/mol. The number of anilines is 1. The van der Waals surface area contributed by atoms with Gasteiger partial charge >= 0.3 is 0 Å². The van der Waals surface area contributed by atoms with Crippen LogP contribution >= 0.6 is 0 Å². The molecule has 0 amide bonds. The van der Waals surface area contributed by atoms with Crippen molar-refractivity contribution in [2.24, 2.45) is 0 Å². The van der Waals surface area contributed by atoms with Crippen molar-refractivity contribution in [1.29, 1.82) is 0 Å². The second-order valence-corrected chi connectivity index (χ2v) is 6.10. The minimum Gasteiger partial charge on any atom is -0.386 e. The molecule has 2 aliphatic rings. The number of fused-ring (bicyclic) bond motifs is 2. The van der Waals surface area contributed by atoms with E-state index < -0.39 is 11.6 Å². The van der Waals surface area contributed by atoms with Crippen LogP contribution < -0.4 is 5.01 Å². The molecule has 4 nitrogen and oxygen atoms in total.